The first kappa shape index (κ1) is 19.3. The topological polar surface area (TPSA) is 97.1 Å². The second-order valence-corrected chi connectivity index (χ2v) is 7.12. The molecule has 0 unspecified atom stereocenters. The van der Waals surface area contributed by atoms with Crippen molar-refractivity contribution < 1.29 is 23.6 Å². The highest BCUT2D eigenvalue weighted by atomic mass is 16.5. The lowest BCUT2D eigenvalue weighted by Crippen LogP contribution is -2.44. The zero-order chi connectivity index (χ0) is 20.2. The molecule has 4 rings (SSSR count). The minimum absolute atomic E-state index is 0.0172. The Kier molecular flexibility index (Phi) is 5.66. The number of hydrogen-bond donors (Lipinski definition) is 1. The molecule has 1 aromatic carbocycles. The molecule has 9 nitrogen and oxygen atoms in total. The van der Waals surface area contributed by atoms with Gasteiger partial charge in [0.15, 0.2) is 5.76 Å². The van der Waals surface area contributed by atoms with Gasteiger partial charge in [-0.2, -0.15) is 0 Å². The fourth-order valence-corrected chi connectivity index (χ4v) is 3.49. The number of morpholine rings is 1. The van der Waals surface area contributed by atoms with Crippen LogP contribution in [0.3, 0.4) is 0 Å². The Morgan fingerprint density at radius 2 is 2.07 bits per heavy atom. The van der Waals surface area contributed by atoms with E-state index in [0.717, 1.165) is 5.69 Å². The number of carbonyl (C=O) groups excluding carboxylic acids is 2. The maximum absolute atomic E-state index is 12.8. The first-order valence-corrected chi connectivity index (χ1v) is 9.65. The van der Waals surface area contributed by atoms with E-state index in [1.165, 1.54) is 6.20 Å². The molecule has 154 valence electrons. The maximum Gasteiger partial charge on any atom is 0.254 e. The van der Waals surface area contributed by atoms with Crippen LogP contribution in [0.5, 0.6) is 5.75 Å². The average Bonchev–Trinajstić information content (AvgIpc) is 3.28. The van der Waals surface area contributed by atoms with Gasteiger partial charge in [-0.05, 0) is 18.2 Å². The molecule has 1 N–H and O–H groups in total. The second kappa shape index (κ2) is 8.52. The normalized spacial score (nSPS) is 18.7. The van der Waals surface area contributed by atoms with E-state index < -0.39 is 0 Å². The van der Waals surface area contributed by atoms with Crippen LogP contribution in [0, 0.1) is 0 Å². The largest absolute Gasteiger partial charge is 0.489 e. The predicted molar refractivity (Wildman–Crippen MR) is 104 cm³/mol. The molecule has 0 bridgehead atoms. The molecular formula is C20H24N4O5. The van der Waals surface area contributed by atoms with Gasteiger partial charge in [0.25, 0.3) is 5.91 Å². The number of likely N-dealkylation sites (N-methyl/N-ethyl adjacent to an activating group) is 1. The van der Waals surface area contributed by atoms with Crippen molar-refractivity contribution in [1.82, 2.24) is 15.4 Å². The van der Waals surface area contributed by atoms with Gasteiger partial charge in [-0.25, -0.2) is 0 Å². The summed E-state index contributed by atoms with van der Waals surface area (Å²) in [5.41, 5.74) is 1.42. The molecule has 2 aliphatic heterocycles. The predicted octanol–water partition coefficient (Wildman–Crippen LogP) is 1.05. The van der Waals surface area contributed by atoms with Crippen LogP contribution < -0.4 is 15.0 Å². The lowest BCUT2D eigenvalue weighted by atomic mass is 10.1. The molecule has 2 aliphatic rings. The summed E-state index contributed by atoms with van der Waals surface area (Å²) in [6, 6.07) is 7.02. The second-order valence-electron chi connectivity index (χ2n) is 7.12. The van der Waals surface area contributed by atoms with E-state index in [2.05, 4.69) is 10.5 Å². The summed E-state index contributed by atoms with van der Waals surface area (Å²) in [7, 11) is 1.92. The highest BCUT2D eigenvalue weighted by Gasteiger charge is 2.28. The Morgan fingerprint density at radius 1 is 1.24 bits per heavy atom. The number of aromatic nitrogens is 1. The number of anilines is 1. The molecule has 0 spiro atoms. The summed E-state index contributed by atoms with van der Waals surface area (Å²) in [5.74, 6) is 1.19. The third-order valence-corrected chi connectivity index (χ3v) is 5.24. The molecule has 29 heavy (non-hydrogen) atoms. The minimum atomic E-state index is -0.133. The Bertz CT molecular complexity index is 864. The van der Waals surface area contributed by atoms with Gasteiger partial charge in [-0.1, -0.05) is 5.16 Å². The van der Waals surface area contributed by atoms with Gasteiger partial charge in [0.05, 0.1) is 44.1 Å². The number of rotatable bonds is 5. The number of carbonyl (C=O) groups is 2. The van der Waals surface area contributed by atoms with E-state index in [9.17, 15) is 9.59 Å². The summed E-state index contributed by atoms with van der Waals surface area (Å²) in [6.07, 6.45) is 1.81. The first-order valence-electron chi connectivity index (χ1n) is 9.65. The molecule has 9 heteroatoms. The molecule has 1 atom stereocenters. The van der Waals surface area contributed by atoms with Gasteiger partial charge in [0, 0.05) is 31.8 Å². The van der Waals surface area contributed by atoms with E-state index in [1.54, 1.807) is 17.0 Å². The van der Waals surface area contributed by atoms with Crippen LogP contribution in [0.1, 0.15) is 22.5 Å². The summed E-state index contributed by atoms with van der Waals surface area (Å²) in [6.45, 7) is 3.00. The lowest BCUT2D eigenvalue weighted by Gasteiger charge is -2.36. The first-order chi connectivity index (χ1) is 14.1. The number of nitrogens with one attached hydrogen (secondary N) is 1. The Hall–Kier alpha value is -3.07. The number of ether oxygens (including phenoxy) is 2. The number of benzene rings is 1. The average molecular weight is 400 g/mol. The zero-order valence-corrected chi connectivity index (χ0v) is 16.3. The Balaban J connectivity index is 1.41. The zero-order valence-electron chi connectivity index (χ0n) is 16.3. The van der Waals surface area contributed by atoms with Crippen LogP contribution in [0.25, 0.3) is 0 Å². The van der Waals surface area contributed by atoms with Crippen molar-refractivity contribution in [3.8, 4) is 5.75 Å². The van der Waals surface area contributed by atoms with Crippen molar-refractivity contribution in [3.63, 3.8) is 0 Å². The monoisotopic (exact) mass is 400 g/mol. The quantitative estimate of drug-likeness (QED) is 0.801. The van der Waals surface area contributed by atoms with Crippen molar-refractivity contribution in [1.29, 1.82) is 0 Å². The van der Waals surface area contributed by atoms with Crippen LogP contribution in [0.15, 0.2) is 35.0 Å². The van der Waals surface area contributed by atoms with E-state index in [1.807, 2.05) is 24.1 Å². The minimum Gasteiger partial charge on any atom is -0.489 e. The molecule has 2 aromatic rings. The van der Waals surface area contributed by atoms with Crippen molar-refractivity contribution in [2.24, 2.45) is 0 Å². The van der Waals surface area contributed by atoms with Crippen LogP contribution in [-0.2, 0) is 16.1 Å². The van der Waals surface area contributed by atoms with E-state index >= 15 is 0 Å². The molecule has 1 fully saturated rings. The van der Waals surface area contributed by atoms with Crippen LogP contribution >= 0.6 is 0 Å². The van der Waals surface area contributed by atoms with E-state index in [-0.39, 0.29) is 24.3 Å². The summed E-state index contributed by atoms with van der Waals surface area (Å²) < 4.78 is 16.1. The Labute approximate surface area is 168 Å². The highest BCUT2D eigenvalue weighted by molar-refractivity contribution is 5.96. The number of amides is 2. The molecule has 1 saturated heterocycles. The SMILES string of the molecule is CN1c2cc(C(=O)N3CCOCC3)ccc2OC[C@H]1CC(=O)NCc1ccno1. The van der Waals surface area contributed by atoms with Crippen LogP contribution in [0.4, 0.5) is 5.69 Å². The van der Waals surface area contributed by atoms with Gasteiger partial charge in [-0.15, -0.1) is 0 Å². The van der Waals surface area contributed by atoms with Gasteiger partial charge in [0.2, 0.25) is 5.91 Å². The highest BCUT2D eigenvalue weighted by Crippen LogP contribution is 2.34. The number of nitrogens with zero attached hydrogens (tertiary/aromatic N) is 3. The number of hydrogen-bond acceptors (Lipinski definition) is 7. The summed E-state index contributed by atoms with van der Waals surface area (Å²) in [5, 5.41) is 6.44. The molecule has 1 aromatic heterocycles. The van der Waals surface area contributed by atoms with E-state index in [4.69, 9.17) is 14.0 Å². The van der Waals surface area contributed by atoms with Crippen molar-refractivity contribution in [2.75, 3.05) is 44.9 Å². The smallest absolute Gasteiger partial charge is 0.254 e. The van der Waals surface area contributed by atoms with Crippen LogP contribution in [0.2, 0.25) is 0 Å². The standard InChI is InChI=1S/C20H24N4O5/c1-23-15(11-19(25)21-12-16-4-5-22-29-16)13-28-18-3-2-14(10-17(18)23)20(26)24-6-8-27-9-7-24/h2-5,10,15H,6-9,11-13H2,1H3,(H,21,25)/t15-/m1/s1. The van der Waals surface area contributed by atoms with E-state index in [0.29, 0.717) is 56.5 Å². The molecule has 2 amide bonds. The Morgan fingerprint density at radius 3 is 2.83 bits per heavy atom. The number of fused-ring (bicyclic) bond motifs is 1. The van der Waals surface area contributed by atoms with Crippen molar-refractivity contribution in [2.45, 2.75) is 19.0 Å². The third-order valence-electron chi connectivity index (χ3n) is 5.24. The van der Waals surface area contributed by atoms with Crippen molar-refractivity contribution in [3.05, 3.63) is 41.8 Å². The van der Waals surface area contributed by atoms with Gasteiger partial charge in [0.1, 0.15) is 12.4 Å². The van der Waals surface area contributed by atoms with Crippen molar-refractivity contribution >= 4 is 17.5 Å². The van der Waals surface area contributed by atoms with Crippen LogP contribution in [-0.4, -0.2) is 67.9 Å². The summed E-state index contributed by atoms with van der Waals surface area (Å²) >= 11 is 0. The molecule has 0 radical (unpaired) electrons. The van der Waals surface area contributed by atoms with Gasteiger partial charge in [-0.3, -0.25) is 9.59 Å². The molecule has 3 heterocycles. The fourth-order valence-electron chi connectivity index (χ4n) is 3.49. The van der Waals surface area contributed by atoms with Gasteiger partial charge < -0.3 is 29.1 Å². The molecule has 0 saturated carbocycles. The molecule has 0 aliphatic carbocycles. The maximum atomic E-state index is 12.8. The van der Waals surface area contributed by atoms with Gasteiger partial charge >= 0.3 is 0 Å². The lowest BCUT2D eigenvalue weighted by molar-refractivity contribution is -0.121. The third kappa shape index (κ3) is 4.34. The fraction of sp³-hybridized carbons (Fsp3) is 0.450. The summed E-state index contributed by atoms with van der Waals surface area (Å²) in [4.78, 5) is 28.9. The molecular weight excluding hydrogens is 376 g/mol.